The summed E-state index contributed by atoms with van der Waals surface area (Å²) in [6.45, 7) is 2.03. The van der Waals surface area contributed by atoms with Crippen LogP contribution < -0.4 is 5.32 Å². The van der Waals surface area contributed by atoms with Crippen LogP contribution in [0.15, 0.2) is 52.9 Å². The Morgan fingerprint density at radius 3 is 2.60 bits per heavy atom. The lowest BCUT2D eigenvalue weighted by atomic mass is 10.2. The monoisotopic (exact) mass is 305 g/mol. The summed E-state index contributed by atoms with van der Waals surface area (Å²) in [6.07, 6.45) is 0. The quantitative estimate of drug-likeness (QED) is 0.650. The molecule has 2 aromatic carbocycles. The lowest BCUT2D eigenvalue weighted by Crippen LogP contribution is -2.05. The highest BCUT2D eigenvalue weighted by Crippen LogP contribution is 2.30. The molecule has 1 atom stereocenters. The van der Waals surface area contributed by atoms with Crippen molar-refractivity contribution >= 4 is 39.9 Å². The van der Waals surface area contributed by atoms with Gasteiger partial charge >= 0.3 is 0 Å². The number of para-hydroxylation sites is 1. The minimum atomic E-state index is 0.0149. The fourth-order valence-electron chi connectivity index (χ4n) is 2.13. The van der Waals surface area contributed by atoms with Gasteiger partial charge in [-0.15, -0.1) is 0 Å². The molecule has 0 amide bonds. The third-order valence-corrected chi connectivity index (χ3v) is 3.72. The third kappa shape index (κ3) is 2.62. The molecular formula is C16H13Cl2NO. The summed E-state index contributed by atoms with van der Waals surface area (Å²) in [5.74, 6) is 0.872. The molecule has 20 heavy (non-hydrogen) atoms. The number of hydrogen-bond donors (Lipinski definition) is 1. The summed E-state index contributed by atoms with van der Waals surface area (Å²) >= 11 is 12.1. The Labute approximate surface area is 127 Å². The number of hydrogen-bond acceptors (Lipinski definition) is 2. The van der Waals surface area contributed by atoms with Crippen molar-refractivity contribution in [3.63, 3.8) is 0 Å². The minimum Gasteiger partial charge on any atom is -0.459 e. The van der Waals surface area contributed by atoms with E-state index >= 15 is 0 Å². The summed E-state index contributed by atoms with van der Waals surface area (Å²) in [4.78, 5) is 0. The average molecular weight is 306 g/mol. The number of benzene rings is 2. The Morgan fingerprint density at radius 1 is 1.05 bits per heavy atom. The highest BCUT2D eigenvalue weighted by molar-refractivity contribution is 6.36. The van der Waals surface area contributed by atoms with Crippen LogP contribution in [-0.2, 0) is 0 Å². The van der Waals surface area contributed by atoms with E-state index in [2.05, 4.69) is 5.32 Å². The van der Waals surface area contributed by atoms with Crippen molar-refractivity contribution in [2.75, 3.05) is 5.32 Å². The van der Waals surface area contributed by atoms with E-state index in [0.717, 1.165) is 22.4 Å². The molecule has 102 valence electrons. The van der Waals surface area contributed by atoms with Crippen molar-refractivity contribution < 1.29 is 4.42 Å². The van der Waals surface area contributed by atoms with E-state index in [1.54, 1.807) is 12.1 Å². The van der Waals surface area contributed by atoms with Crippen LogP contribution in [0, 0.1) is 0 Å². The van der Waals surface area contributed by atoms with Gasteiger partial charge in [-0.2, -0.15) is 0 Å². The van der Waals surface area contributed by atoms with E-state index in [4.69, 9.17) is 27.6 Å². The highest BCUT2D eigenvalue weighted by Gasteiger charge is 2.12. The Morgan fingerprint density at radius 2 is 1.85 bits per heavy atom. The summed E-state index contributed by atoms with van der Waals surface area (Å²) in [5, 5.41) is 5.65. The first-order chi connectivity index (χ1) is 9.63. The van der Waals surface area contributed by atoms with Gasteiger partial charge in [-0.05, 0) is 37.3 Å². The van der Waals surface area contributed by atoms with Crippen molar-refractivity contribution in [1.29, 1.82) is 0 Å². The lowest BCUT2D eigenvalue weighted by molar-refractivity contribution is 0.526. The topological polar surface area (TPSA) is 25.2 Å². The fraction of sp³-hybridized carbons (Fsp3) is 0.125. The Kier molecular flexibility index (Phi) is 3.60. The number of furan rings is 1. The molecule has 0 aliphatic carbocycles. The molecule has 4 heteroatoms. The first kappa shape index (κ1) is 13.3. The normalized spacial score (nSPS) is 12.6. The molecule has 3 aromatic rings. The van der Waals surface area contributed by atoms with Gasteiger partial charge in [0, 0.05) is 10.4 Å². The van der Waals surface area contributed by atoms with Crippen molar-refractivity contribution in [1.82, 2.24) is 0 Å². The van der Waals surface area contributed by atoms with Gasteiger partial charge in [0.05, 0.1) is 16.8 Å². The molecule has 0 aliphatic heterocycles. The predicted octanol–water partition coefficient (Wildman–Crippen LogP) is 5.91. The van der Waals surface area contributed by atoms with Gasteiger partial charge < -0.3 is 9.73 Å². The van der Waals surface area contributed by atoms with Crippen LogP contribution in [0.2, 0.25) is 10.0 Å². The zero-order valence-corrected chi connectivity index (χ0v) is 12.4. The first-order valence-electron chi connectivity index (χ1n) is 6.33. The predicted molar refractivity (Wildman–Crippen MR) is 84.7 cm³/mol. The second-order valence-corrected chi connectivity index (χ2v) is 5.52. The van der Waals surface area contributed by atoms with E-state index in [1.165, 1.54) is 0 Å². The van der Waals surface area contributed by atoms with Crippen LogP contribution in [0.4, 0.5) is 5.69 Å². The van der Waals surface area contributed by atoms with Crippen LogP contribution in [0.3, 0.4) is 0 Å². The largest absolute Gasteiger partial charge is 0.459 e. The van der Waals surface area contributed by atoms with Crippen molar-refractivity contribution in [2.24, 2.45) is 0 Å². The molecule has 1 heterocycles. The van der Waals surface area contributed by atoms with E-state index in [1.807, 2.05) is 43.3 Å². The van der Waals surface area contributed by atoms with Gasteiger partial charge in [0.25, 0.3) is 0 Å². The summed E-state index contributed by atoms with van der Waals surface area (Å²) < 4.78 is 5.83. The van der Waals surface area contributed by atoms with Crippen LogP contribution >= 0.6 is 23.2 Å². The zero-order valence-electron chi connectivity index (χ0n) is 10.9. The third-order valence-electron chi connectivity index (χ3n) is 3.17. The lowest BCUT2D eigenvalue weighted by Gasteiger charge is -2.14. The number of fused-ring (bicyclic) bond motifs is 1. The van der Waals surface area contributed by atoms with Crippen LogP contribution in [-0.4, -0.2) is 0 Å². The molecule has 2 nitrogen and oxygen atoms in total. The number of nitrogens with one attached hydrogen (secondary N) is 1. The zero-order chi connectivity index (χ0) is 14.1. The molecule has 1 N–H and O–H groups in total. The van der Waals surface area contributed by atoms with Crippen molar-refractivity contribution in [3.05, 3.63) is 64.3 Å². The fourth-order valence-corrected chi connectivity index (χ4v) is 2.59. The summed E-state index contributed by atoms with van der Waals surface area (Å²) in [6, 6.07) is 15.4. The van der Waals surface area contributed by atoms with Gasteiger partial charge in [0.2, 0.25) is 0 Å². The number of halogens is 2. The number of rotatable bonds is 3. The molecule has 0 saturated carbocycles. The second kappa shape index (κ2) is 5.39. The molecular weight excluding hydrogens is 293 g/mol. The summed E-state index contributed by atoms with van der Waals surface area (Å²) in [7, 11) is 0. The Hall–Kier alpha value is -1.64. The standard InChI is InChI=1S/C16H13Cl2NO/c1-10(19-14-7-6-12(17)9-13(14)18)16-8-11-4-2-3-5-15(11)20-16/h2-10,19H,1H3. The molecule has 1 aromatic heterocycles. The van der Waals surface area contributed by atoms with Crippen molar-refractivity contribution in [2.45, 2.75) is 13.0 Å². The molecule has 0 spiro atoms. The Balaban J connectivity index is 1.86. The maximum atomic E-state index is 6.16. The molecule has 0 fully saturated rings. The van der Waals surface area contributed by atoms with E-state index in [0.29, 0.717) is 10.0 Å². The van der Waals surface area contributed by atoms with E-state index in [-0.39, 0.29) is 6.04 Å². The van der Waals surface area contributed by atoms with Crippen LogP contribution in [0.25, 0.3) is 11.0 Å². The molecule has 0 radical (unpaired) electrons. The molecule has 0 saturated heterocycles. The average Bonchev–Trinajstić information content (AvgIpc) is 2.86. The van der Waals surface area contributed by atoms with Gasteiger partial charge in [0.15, 0.2) is 0 Å². The van der Waals surface area contributed by atoms with Crippen molar-refractivity contribution in [3.8, 4) is 0 Å². The molecule has 1 unspecified atom stereocenters. The van der Waals surface area contributed by atoms with Gasteiger partial charge in [-0.25, -0.2) is 0 Å². The minimum absolute atomic E-state index is 0.0149. The smallest absolute Gasteiger partial charge is 0.134 e. The van der Waals surface area contributed by atoms with Gasteiger partial charge in [0.1, 0.15) is 11.3 Å². The molecule has 0 bridgehead atoms. The van der Waals surface area contributed by atoms with Crippen LogP contribution in [0.5, 0.6) is 0 Å². The van der Waals surface area contributed by atoms with E-state index < -0.39 is 0 Å². The van der Waals surface area contributed by atoms with Gasteiger partial charge in [-0.1, -0.05) is 41.4 Å². The first-order valence-corrected chi connectivity index (χ1v) is 7.09. The SMILES string of the molecule is CC(Nc1ccc(Cl)cc1Cl)c1cc2ccccc2o1. The highest BCUT2D eigenvalue weighted by atomic mass is 35.5. The maximum absolute atomic E-state index is 6.16. The van der Waals surface area contributed by atoms with Gasteiger partial charge in [-0.3, -0.25) is 0 Å². The Bertz CT molecular complexity index is 718. The maximum Gasteiger partial charge on any atom is 0.134 e. The number of anilines is 1. The van der Waals surface area contributed by atoms with Crippen LogP contribution in [0.1, 0.15) is 18.7 Å². The molecule has 0 aliphatic rings. The molecule has 3 rings (SSSR count). The summed E-state index contributed by atoms with van der Waals surface area (Å²) in [5.41, 5.74) is 1.72. The second-order valence-electron chi connectivity index (χ2n) is 4.68. The van der Waals surface area contributed by atoms with E-state index in [9.17, 15) is 0 Å².